The maximum Gasteiger partial charge on any atom is 0.276 e. The van der Waals surface area contributed by atoms with Crippen molar-refractivity contribution < 1.29 is 9.72 Å². The highest BCUT2D eigenvalue weighted by Crippen LogP contribution is 2.24. The molecular weight excluding hydrogens is 392 g/mol. The summed E-state index contributed by atoms with van der Waals surface area (Å²) < 4.78 is 0. The average molecular weight is 411 g/mol. The zero-order valence-corrected chi connectivity index (χ0v) is 16.2. The molecule has 8 heteroatoms. The van der Waals surface area contributed by atoms with Crippen molar-refractivity contribution in [1.29, 1.82) is 0 Å². The number of hydrogen-bond acceptors (Lipinski definition) is 5. The number of amides is 1. The molecule has 29 heavy (non-hydrogen) atoms. The van der Waals surface area contributed by atoms with Gasteiger partial charge in [-0.25, -0.2) is 0 Å². The maximum atomic E-state index is 11.9. The van der Waals surface area contributed by atoms with Gasteiger partial charge >= 0.3 is 0 Å². The molecule has 2 N–H and O–H groups in total. The summed E-state index contributed by atoms with van der Waals surface area (Å²) in [6, 6.07) is 13.7. The Labute approximate surface area is 172 Å². The Morgan fingerprint density at radius 1 is 1.17 bits per heavy atom. The van der Waals surface area contributed by atoms with Gasteiger partial charge in [0, 0.05) is 47.5 Å². The molecule has 0 radical (unpaired) electrons. The summed E-state index contributed by atoms with van der Waals surface area (Å²) >= 11 is 6.00. The number of nitro groups is 1. The summed E-state index contributed by atoms with van der Waals surface area (Å²) in [5.41, 5.74) is 2.12. The van der Waals surface area contributed by atoms with Crippen LogP contribution in [0.5, 0.6) is 0 Å². The summed E-state index contributed by atoms with van der Waals surface area (Å²) in [6.07, 6.45) is 5.18. The molecule has 0 bridgehead atoms. The first-order valence-corrected chi connectivity index (χ1v) is 9.40. The van der Waals surface area contributed by atoms with E-state index in [0.29, 0.717) is 30.1 Å². The van der Waals surface area contributed by atoms with Crippen molar-refractivity contribution in [3.05, 3.63) is 81.5 Å². The van der Waals surface area contributed by atoms with E-state index in [1.807, 2.05) is 24.3 Å². The predicted octanol–water partition coefficient (Wildman–Crippen LogP) is 4.43. The molecule has 0 atom stereocenters. The molecule has 2 aromatic carbocycles. The fraction of sp³-hybridized carbons (Fsp3) is 0.143. The Morgan fingerprint density at radius 3 is 2.83 bits per heavy atom. The van der Waals surface area contributed by atoms with Gasteiger partial charge in [-0.15, -0.1) is 0 Å². The third-order valence-corrected chi connectivity index (χ3v) is 4.46. The molecule has 7 nitrogen and oxygen atoms in total. The Morgan fingerprint density at radius 2 is 2.00 bits per heavy atom. The summed E-state index contributed by atoms with van der Waals surface area (Å²) in [4.78, 5) is 26.7. The van der Waals surface area contributed by atoms with Gasteiger partial charge in [0.15, 0.2) is 0 Å². The van der Waals surface area contributed by atoms with Crippen LogP contribution in [-0.4, -0.2) is 28.9 Å². The standard InChI is InChI=1S/C21H19ClN4O3/c22-16-7-8-17-18(10-13-24-19(17)14-16)23-11-3-12-25-21(27)9-6-15-4-1-2-5-20(15)26(28)29/h1-2,4-10,13-14H,3,11-12H2,(H,23,24)(H,25,27)/b9-6+. The number of carbonyl (C=O) groups is 1. The molecule has 0 spiro atoms. The highest BCUT2D eigenvalue weighted by molar-refractivity contribution is 6.31. The topological polar surface area (TPSA) is 97.2 Å². The van der Waals surface area contributed by atoms with Crippen LogP contribution in [0.1, 0.15) is 12.0 Å². The van der Waals surface area contributed by atoms with E-state index >= 15 is 0 Å². The van der Waals surface area contributed by atoms with Crippen molar-refractivity contribution in [2.24, 2.45) is 0 Å². The fourth-order valence-corrected chi connectivity index (χ4v) is 2.98. The van der Waals surface area contributed by atoms with Gasteiger partial charge in [-0.2, -0.15) is 0 Å². The number of pyridine rings is 1. The lowest BCUT2D eigenvalue weighted by Gasteiger charge is -2.09. The van der Waals surface area contributed by atoms with Crippen LogP contribution in [0.15, 0.2) is 60.8 Å². The highest BCUT2D eigenvalue weighted by atomic mass is 35.5. The Bertz CT molecular complexity index is 1070. The van der Waals surface area contributed by atoms with Gasteiger partial charge < -0.3 is 10.6 Å². The molecule has 0 unspecified atom stereocenters. The zero-order chi connectivity index (χ0) is 20.6. The average Bonchev–Trinajstić information content (AvgIpc) is 2.72. The van der Waals surface area contributed by atoms with Crippen molar-refractivity contribution in [2.75, 3.05) is 18.4 Å². The van der Waals surface area contributed by atoms with Gasteiger partial charge in [0.1, 0.15) is 0 Å². The molecule has 0 aliphatic heterocycles. The summed E-state index contributed by atoms with van der Waals surface area (Å²) in [5, 5.41) is 18.7. The van der Waals surface area contributed by atoms with Crippen LogP contribution < -0.4 is 10.6 Å². The molecule has 0 aliphatic carbocycles. The number of aromatic nitrogens is 1. The second-order valence-electron chi connectivity index (χ2n) is 6.24. The quantitative estimate of drug-likeness (QED) is 0.248. The number of anilines is 1. The van der Waals surface area contributed by atoms with E-state index in [1.54, 1.807) is 24.4 Å². The van der Waals surface area contributed by atoms with Gasteiger partial charge in [-0.3, -0.25) is 19.9 Å². The van der Waals surface area contributed by atoms with E-state index in [9.17, 15) is 14.9 Å². The predicted molar refractivity (Wildman–Crippen MR) is 115 cm³/mol. The lowest BCUT2D eigenvalue weighted by atomic mass is 10.1. The maximum absolute atomic E-state index is 11.9. The summed E-state index contributed by atoms with van der Waals surface area (Å²) in [7, 11) is 0. The number of carbonyl (C=O) groups excluding carboxylic acids is 1. The molecule has 0 saturated heterocycles. The molecular formula is C21H19ClN4O3. The highest BCUT2D eigenvalue weighted by Gasteiger charge is 2.09. The summed E-state index contributed by atoms with van der Waals surface area (Å²) in [5.74, 6) is -0.299. The first kappa shape index (κ1) is 20.3. The largest absolute Gasteiger partial charge is 0.384 e. The lowest BCUT2D eigenvalue weighted by molar-refractivity contribution is -0.385. The van der Waals surface area contributed by atoms with Crippen LogP contribution in [0.25, 0.3) is 17.0 Å². The lowest BCUT2D eigenvalue weighted by Crippen LogP contribution is -2.23. The van der Waals surface area contributed by atoms with Crippen LogP contribution in [0.4, 0.5) is 11.4 Å². The molecule has 1 heterocycles. The Kier molecular flexibility index (Phi) is 6.76. The number of para-hydroxylation sites is 1. The minimum Gasteiger partial charge on any atom is -0.384 e. The van der Waals surface area contributed by atoms with E-state index in [2.05, 4.69) is 15.6 Å². The number of hydrogen-bond donors (Lipinski definition) is 2. The third kappa shape index (κ3) is 5.52. The monoisotopic (exact) mass is 410 g/mol. The van der Waals surface area contributed by atoms with Gasteiger partial charge in [0.05, 0.1) is 16.0 Å². The molecule has 1 aromatic heterocycles. The Hall–Kier alpha value is -3.45. The zero-order valence-electron chi connectivity index (χ0n) is 15.5. The molecule has 148 valence electrons. The van der Waals surface area contributed by atoms with Gasteiger partial charge in [0.2, 0.25) is 5.91 Å². The van der Waals surface area contributed by atoms with Gasteiger partial charge in [0.25, 0.3) is 5.69 Å². The molecule has 0 fully saturated rings. The van der Waals surface area contributed by atoms with Crippen molar-refractivity contribution in [1.82, 2.24) is 10.3 Å². The number of rotatable bonds is 8. The molecule has 3 rings (SSSR count). The first-order valence-electron chi connectivity index (χ1n) is 9.02. The van der Waals surface area contributed by atoms with Crippen LogP contribution in [0.3, 0.4) is 0 Å². The van der Waals surface area contributed by atoms with E-state index in [0.717, 1.165) is 16.6 Å². The minimum absolute atomic E-state index is 0.0355. The number of fused-ring (bicyclic) bond motifs is 1. The first-order chi connectivity index (χ1) is 14.0. The van der Waals surface area contributed by atoms with Crippen LogP contribution >= 0.6 is 11.6 Å². The van der Waals surface area contributed by atoms with Gasteiger partial charge in [-0.1, -0.05) is 23.7 Å². The molecule has 0 aliphatic rings. The fourth-order valence-electron chi connectivity index (χ4n) is 2.82. The normalized spacial score (nSPS) is 10.9. The Balaban J connectivity index is 1.47. The van der Waals surface area contributed by atoms with Crippen molar-refractivity contribution in [3.8, 4) is 0 Å². The molecule has 3 aromatic rings. The second kappa shape index (κ2) is 9.66. The number of nitro benzene ring substituents is 1. The van der Waals surface area contributed by atoms with E-state index in [-0.39, 0.29) is 11.6 Å². The summed E-state index contributed by atoms with van der Waals surface area (Å²) in [6.45, 7) is 1.14. The minimum atomic E-state index is -0.472. The number of halogens is 1. The second-order valence-corrected chi connectivity index (χ2v) is 6.68. The van der Waals surface area contributed by atoms with Crippen LogP contribution in [-0.2, 0) is 4.79 Å². The van der Waals surface area contributed by atoms with Crippen LogP contribution in [0.2, 0.25) is 5.02 Å². The SMILES string of the molecule is O=C(/C=C/c1ccccc1[N+](=O)[O-])NCCCNc1ccnc2cc(Cl)ccc12. The number of nitrogens with zero attached hydrogens (tertiary/aromatic N) is 2. The van der Waals surface area contributed by atoms with Gasteiger partial charge in [-0.05, 0) is 42.8 Å². The smallest absolute Gasteiger partial charge is 0.276 e. The third-order valence-electron chi connectivity index (χ3n) is 4.22. The molecule has 0 saturated carbocycles. The van der Waals surface area contributed by atoms with Crippen LogP contribution in [0, 0.1) is 10.1 Å². The van der Waals surface area contributed by atoms with Crippen molar-refractivity contribution in [2.45, 2.75) is 6.42 Å². The number of nitrogens with one attached hydrogen (secondary N) is 2. The van der Waals surface area contributed by atoms with E-state index in [4.69, 9.17) is 11.6 Å². The van der Waals surface area contributed by atoms with Crippen molar-refractivity contribution >= 4 is 45.9 Å². The molecule has 1 amide bonds. The number of benzene rings is 2. The van der Waals surface area contributed by atoms with E-state index in [1.165, 1.54) is 18.2 Å². The van der Waals surface area contributed by atoms with Crippen molar-refractivity contribution in [3.63, 3.8) is 0 Å². The van der Waals surface area contributed by atoms with E-state index < -0.39 is 4.92 Å².